The van der Waals surface area contributed by atoms with Crippen molar-refractivity contribution >= 4 is 48.9 Å². The second kappa shape index (κ2) is 7.39. The van der Waals surface area contributed by atoms with Gasteiger partial charge in [0.15, 0.2) is 0 Å². The highest BCUT2D eigenvalue weighted by Gasteiger charge is 2.15. The Morgan fingerprint density at radius 2 is 2.04 bits per heavy atom. The number of carbonyl (C=O) groups is 1. The minimum absolute atomic E-state index is 0.00108. The Bertz CT molecular complexity index is 900. The van der Waals surface area contributed by atoms with Crippen LogP contribution in [0.25, 0.3) is 10.2 Å². The van der Waals surface area contributed by atoms with E-state index in [1.54, 1.807) is 11.4 Å². The second-order valence-corrected chi connectivity index (χ2v) is 8.87. The molecule has 1 N–H and O–H groups in total. The summed E-state index contributed by atoms with van der Waals surface area (Å²) in [7, 11) is -3.55. The molecule has 2 aromatic heterocycles. The van der Waals surface area contributed by atoms with Crippen molar-refractivity contribution in [3.63, 3.8) is 0 Å². The number of nitrogens with one attached hydrogen (secondary N) is 1. The molecule has 24 heavy (non-hydrogen) atoms. The zero-order chi connectivity index (χ0) is 17.0. The molecule has 0 atom stereocenters. The summed E-state index contributed by atoms with van der Waals surface area (Å²) in [5.74, 6) is -0.469. The average molecular weight is 382 g/mol. The Morgan fingerprint density at radius 1 is 1.21 bits per heavy atom. The van der Waals surface area contributed by atoms with Crippen molar-refractivity contribution in [1.82, 2.24) is 9.71 Å². The van der Waals surface area contributed by atoms with Gasteiger partial charge in [-0.25, -0.2) is 18.1 Å². The molecule has 0 saturated carbocycles. The number of thiazole rings is 1. The molecule has 126 valence electrons. The summed E-state index contributed by atoms with van der Waals surface area (Å²) in [5, 5.41) is 2.39. The Labute approximate surface area is 147 Å². The number of sulfonamides is 1. The van der Waals surface area contributed by atoms with Crippen molar-refractivity contribution in [2.75, 3.05) is 6.54 Å². The molecule has 2 heterocycles. The third-order valence-corrected chi connectivity index (χ3v) is 6.94. The molecule has 0 bridgehead atoms. The van der Waals surface area contributed by atoms with E-state index >= 15 is 0 Å². The number of fused-ring (bicyclic) bond motifs is 1. The summed E-state index contributed by atoms with van der Waals surface area (Å²) in [6, 6.07) is 10.9. The number of rotatable bonds is 7. The lowest BCUT2D eigenvalue weighted by molar-refractivity contribution is -0.144. The first kappa shape index (κ1) is 17.0. The van der Waals surface area contributed by atoms with Crippen LogP contribution in [0.5, 0.6) is 0 Å². The number of ether oxygens (including phenoxy) is 1. The smallest absolute Gasteiger partial charge is 0.307 e. The van der Waals surface area contributed by atoms with Crippen LogP contribution in [0.3, 0.4) is 0 Å². The van der Waals surface area contributed by atoms with Gasteiger partial charge in [-0.3, -0.25) is 4.79 Å². The molecule has 3 rings (SSSR count). The van der Waals surface area contributed by atoms with Gasteiger partial charge in [0.05, 0.1) is 16.6 Å². The third kappa shape index (κ3) is 4.18. The quantitative estimate of drug-likeness (QED) is 0.635. The first-order chi connectivity index (χ1) is 11.5. The first-order valence-corrected chi connectivity index (χ1v) is 10.3. The van der Waals surface area contributed by atoms with Crippen molar-refractivity contribution in [1.29, 1.82) is 0 Å². The molecule has 3 aromatic rings. The standard InChI is InChI=1S/C15H14N2O4S3/c18-14(7-8-16-24(19,20)15-6-3-9-22-15)21-10-13-17-11-4-1-2-5-12(11)23-13/h1-6,9,16H,7-8,10H2. The molecule has 0 unspecified atom stereocenters. The predicted octanol–water partition coefficient (Wildman–Crippen LogP) is 2.77. The Kier molecular flexibility index (Phi) is 5.24. The van der Waals surface area contributed by atoms with Gasteiger partial charge < -0.3 is 4.74 Å². The maximum Gasteiger partial charge on any atom is 0.307 e. The van der Waals surface area contributed by atoms with Gasteiger partial charge >= 0.3 is 5.97 Å². The molecule has 1 aromatic carbocycles. The number of hydrogen-bond acceptors (Lipinski definition) is 7. The zero-order valence-electron chi connectivity index (χ0n) is 12.5. The van der Waals surface area contributed by atoms with Crippen molar-refractivity contribution in [3.8, 4) is 0 Å². The Morgan fingerprint density at radius 3 is 2.79 bits per heavy atom. The van der Waals surface area contributed by atoms with Crippen molar-refractivity contribution in [2.45, 2.75) is 17.2 Å². The number of nitrogens with zero attached hydrogens (tertiary/aromatic N) is 1. The summed E-state index contributed by atoms with van der Waals surface area (Å²) in [4.78, 5) is 16.1. The van der Waals surface area contributed by atoms with Crippen molar-refractivity contribution in [2.24, 2.45) is 0 Å². The molecular weight excluding hydrogens is 368 g/mol. The van der Waals surface area contributed by atoms with E-state index in [9.17, 15) is 13.2 Å². The lowest BCUT2D eigenvalue weighted by Crippen LogP contribution is -2.26. The van der Waals surface area contributed by atoms with Crippen LogP contribution in [0.1, 0.15) is 11.4 Å². The van der Waals surface area contributed by atoms with E-state index in [1.807, 2.05) is 24.3 Å². The summed E-state index contributed by atoms with van der Waals surface area (Å²) >= 11 is 2.59. The summed E-state index contributed by atoms with van der Waals surface area (Å²) in [6.07, 6.45) is -0.0322. The van der Waals surface area contributed by atoms with Gasteiger partial charge in [-0.15, -0.1) is 22.7 Å². The van der Waals surface area contributed by atoms with Crippen LogP contribution in [0, 0.1) is 0 Å². The molecule has 0 aliphatic carbocycles. The molecule has 6 nitrogen and oxygen atoms in total. The highest BCUT2D eigenvalue weighted by atomic mass is 32.2. The molecule has 9 heteroatoms. The summed E-state index contributed by atoms with van der Waals surface area (Å²) in [5.41, 5.74) is 0.872. The highest BCUT2D eigenvalue weighted by molar-refractivity contribution is 7.91. The van der Waals surface area contributed by atoms with Crippen LogP contribution in [0.2, 0.25) is 0 Å². The number of benzene rings is 1. The number of hydrogen-bond donors (Lipinski definition) is 1. The fraction of sp³-hybridized carbons (Fsp3) is 0.200. The van der Waals surface area contributed by atoms with Crippen LogP contribution in [0.15, 0.2) is 46.0 Å². The van der Waals surface area contributed by atoms with Gasteiger partial charge in [0.1, 0.15) is 15.8 Å². The number of esters is 1. The lowest BCUT2D eigenvalue weighted by atomic mass is 10.3. The van der Waals surface area contributed by atoms with Gasteiger partial charge in [-0.1, -0.05) is 18.2 Å². The van der Waals surface area contributed by atoms with Gasteiger partial charge in [0.2, 0.25) is 10.0 Å². The normalized spacial score (nSPS) is 11.7. The number of para-hydroxylation sites is 1. The predicted molar refractivity (Wildman–Crippen MR) is 93.5 cm³/mol. The fourth-order valence-corrected chi connectivity index (χ4v) is 4.92. The van der Waals surface area contributed by atoms with E-state index in [2.05, 4.69) is 9.71 Å². The van der Waals surface area contributed by atoms with Gasteiger partial charge in [0.25, 0.3) is 0 Å². The maximum atomic E-state index is 11.9. The van der Waals surface area contributed by atoms with Crippen LogP contribution in [-0.4, -0.2) is 25.9 Å². The van der Waals surface area contributed by atoms with E-state index in [-0.39, 0.29) is 23.8 Å². The molecule has 0 radical (unpaired) electrons. The number of carbonyl (C=O) groups excluding carboxylic acids is 1. The molecule has 0 saturated heterocycles. The average Bonchev–Trinajstić information content (AvgIpc) is 3.22. The first-order valence-electron chi connectivity index (χ1n) is 7.08. The van der Waals surface area contributed by atoms with Crippen LogP contribution < -0.4 is 4.72 Å². The van der Waals surface area contributed by atoms with E-state index in [1.165, 1.54) is 17.4 Å². The zero-order valence-corrected chi connectivity index (χ0v) is 14.9. The topological polar surface area (TPSA) is 85.4 Å². The Hall–Kier alpha value is -1.81. The molecular formula is C15H14N2O4S3. The lowest BCUT2D eigenvalue weighted by Gasteiger charge is -2.05. The van der Waals surface area contributed by atoms with Gasteiger partial charge in [-0.05, 0) is 23.6 Å². The largest absolute Gasteiger partial charge is 0.458 e. The highest BCUT2D eigenvalue weighted by Crippen LogP contribution is 2.22. The van der Waals surface area contributed by atoms with E-state index in [0.29, 0.717) is 5.01 Å². The molecule has 0 aliphatic rings. The third-order valence-electron chi connectivity index (χ3n) is 3.08. The molecule has 0 aliphatic heterocycles. The monoisotopic (exact) mass is 382 g/mol. The van der Waals surface area contributed by atoms with Crippen molar-refractivity contribution in [3.05, 3.63) is 46.8 Å². The molecule has 0 fully saturated rings. The van der Waals surface area contributed by atoms with E-state index in [0.717, 1.165) is 21.6 Å². The second-order valence-electron chi connectivity index (χ2n) is 4.82. The van der Waals surface area contributed by atoms with Gasteiger partial charge in [-0.2, -0.15) is 0 Å². The van der Waals surface area contributed by atoms with E-state index < -0.39 is 16.0 Å². The van der Waals surface area contributed by atoms with Crippen LogP contribution in [0.4, 0.5) is 0 Å². The fourth-order valence-electron chi connectivity index (χ4n) is 1.97. The minimum Gasteiger partial charge on any atom is -0.458 e. The van der Waals surface area contributed by atoms with Crippen LogP contribution in [-0.2, 0) is 26.2 Å². The minimum atomic E-state index is -3.55. The molecule has 0 spiro atoms. The van der Waals surface area contributed by atoms with Gasteiger partial charge in [0, 0.05) is 6.54 Å². The maximum absolute atomic E-state index is 11.9. The summed E-state index contributed by atoms with van der Waals surface area (Å²) in [6.45, 7) is 0.0920. The number of thiophene rings is 1. The van der Waals surface area contributed by atoms with E-state index in [4.69, 9.17) is 4.74 Å². The Balaban J connectivity index is 1.46. The summed E-state index contributed by atoms with van der Waals surface area (Å²) < 4.78 is 32.6. The number of aromatic nitrogens is 1. The molecule has 0 amide bonds. The SMILES string of the molecule is O=C(CCNS(=O)(=O)c1cccs1)OCc1nc2ccccc2s1. The van der Waals surface area contributed by atoms with Crippen LogP contribution >= 0.6 is 22.7 Å². The van der Waals surface area contributed by atoms with Crippen molar-refractivity contribution < 1.29 is 17.9 Å².